The molecule has 1 N–H and O–H groups in total. The van der Waals surface area contributed by atoms with Crippen molar-refractivity contribution in [1.29, 1.82) is 0 Å². The molecule has 0 aliphatic heterocycles. The van der Waals surface area contributed by atoms with Crippen LogP contribution in [0.2, 0.25) is 0 Å². The zero-order valence-electron chi connectivity index (χ0n) is 8.34. The fraction of sp³-hybridized carbons (Fsp3) is 0.300. The van der Waals surface area contributed by atoms with E-state index in [1.807, 2.05) is 0 Å². The summed E-state index contributed by atoms with van der Waals surface area (Å²) < 4.78 is 41.0. The van der Waals surface area contributed by atoms with Crippen molar-refractivity contribution in [3.8, 4) is 5.75 Å². The van der Waals surface area contributed by atoms with Crippen LogP contribution in [0.1, 0.15) is 11.1 Å². The maximum atomic E-state index is 13.2. The van der Waals surface area contributed by atoms with E-state index in [0.717, 1.165) is 12.1 Å². The molecule has 0 aromatic heterocycles. The number of carboxylic acid groups (broad SMARTS) is 1. The zero-order chi connectivity index (χ0) is 12.3. The number of aliphatic carboxylic acids is 1. The molecule has 0 saturated carbocycles. The van der Waals surface area contributed by atoms with Gasteiger partial charge in [-0.15, -0.1) is 0 Å². The lowest BCUT2D eigenvalue weighted by Crippen LogP contribution is -2.07. The van der Waals surface area contributed by atoms with Crippen molar-refractivity contribution in [3.05, 3.63) is 29.1 Å². The number of carboxylic acids is 1. The summed E-state index contributed by atoms with van der Waals surface area (Å²) in [5.41, 5.74) is 0.229. The van der Waals surface area contributed by atoms with E-state index in [1.165, 1.54) is 6.92 Å². The van der Waals surface area contributed by atoms with Crippen molar-refractivity contribution in [2.45, 2.75) is 20.0 Å². The van der Waals surface area contributed by atoms with Crippen molar-refractivity contribution in [1.82, 2.24) is 0 Å². The van der Waals surface area contributed by atoms with Gasteiger partial charge < -0.3 is 9.84 Å². The minimum atomic E-state index is -3.07. The van der Waals surface area contributed by atoms with Gasteiger partial charge in [0, 0.05) is 6.07 Å². The third kappa shape index (κ3) is 3.15. The molecule has 0 unspecified atom stereocenters. The van der Waals surface area contributed by atoms with E-state index in [2.05, 4.69) is 4.74 Å². The Morgan fingerprint density at radius 1 is 1.50 bits per heavy atom. The van der Waals surface area contributed by atoms with Crippen molar-refractivity contribution < 1.29 is 27.8 Å². The van der Waals surface area contributed by atoms with Gasteiger partial charge in [0.1, 0.15) is 11.6 Å². The average Bonchev–Trinajstić information content (AvgIpc) is 2.11. The van der Waals surface area contributed by atoms with Gasteiger partial charge in [-0.05, 0) is 24.1 Å². The molecule has 0 fully saturated rings. The number of alkyl halides is 2. The highest BCUT2D eigenvalue weighted by Gasteiger charge is 2.13. The average molecular weight is 234 g/mol. The van der Waals surface area contributed by atoms with Crippen molar-refractivity contribution >= 4 is 5.97 Å². The Labute approximate surface area is 89.5 Å². The normalized spacial score (nSPS) is 10.6. The van der Waals surface area contributed by atoms with E-state index in [1.54, 1.807) is 0 Å². The molecule has 0 amide bonds. The van der Waals surface area contributed by atoms with E-state index in [9.17, 15) is 18.0 Å². The van der Waals surface area contributed by atoms with Gasteiger partial charge in [0.25, 0.3) is 0 Å². The fourth-order valence-corrected chi connectivity index (χ4v) is 1.23. The Hall–Kier alpha value is -1.72. The molecule has 16 heavy (non-hydrogen) atoms. The molecule has 1 rings (SSSR count). The number of benzene rings is 1. The van der Waals surface area contributed by atoms with Gasteiger partial charge in [0.05, 0.1) is 6.42 Å². The first kappa shape index (κ1) is 12.4. The van der Waals surface area contributed by atoms with E-state index in [4.69, 9.17) is 5.11 Å². The summed E-state index contributed by atoms with van der Waals surface area (Å²) >= 11 is 0. The Morgan fingerprint density at radius 3 is 2.62 bits per heavy atom. The van der Waals surface area contributed by atoms with E-state index >= 15 is 0 Å². The summed E-state index contributed by atoms with van der Waals surface area (Å²) in [6.07, 6.45) is -0.441. The van der Waals surface area contributed by atoms with Crippen molar-refractivity contribution in [2.75, 3.05) is 0 Å². The Balaban J connectivity index is 3.06. The van der Waals surface area contributed by atoms with Crippen LogP contribution in [0, 0.1) is 12.7 Å². The molecule has 0 heterocycles. The van der Waals surface area contributed by atoms with Crippen molar-refractivity contribution in [3.63, 3.8) is 0 Å². The molecule has 0 aliphatic carbocycles. The first-order valence-corrected chi connectivity index (χ1v) is 4.35. The third-order valence-corrected chi connectivity index (χ3v) is 1.99. The highest BCUT2D eigenvalue weighted by molar-refractivity contribution is 5.71. The second-order valence-corrected chi connectivity index (χ2v) is 3.14. The smallest absolute Gasteiger partial charge is 0.387 e. The summed E-state index contributed by atoms with van der Waals surface area (Å²) in [6, 6.07) is 1.89. The molecule has 1 aromatic carbocycles. The van der Waals surface area contributed by atoms with Gasteiger partial charge in [-0.25, -0.2) is 4.39 Å². The van der Waals surface area contributed by atoms with E-state index in [0.29, 0.717) is 0 Å². The van der Waals surface area contributed by atoms with Crippen LogP contribution in [-0.2, 0) is 11.2 Å². The Kier molecular flexibility index (Phi) is 3.76. The highest BCUT2D eigenvalue weighted by Crippen LogP contribution is 2.23. The molecule has 0 bridgehead atoms. The second-order valence-electron chi connectivity index (χ2n) is 3.14. The van der Waals surface area contributed by atoms with Crippen LogP contribution in [0.25, 0.3) is 0 Å². The first-order valence-electron chi connectivity index (χ1n) is 4.35. The minimum Gasteiger partial charge on any atom is -0.481 e. The van der Waals surface area contributed by atoms with Crippen LogP contribution in [0.5, 0.6) is 5.75 Å². The summed E-state index contributed by atoms with van der Waals surface area (Å²) in [5, 5.41) is 8.54. The number of rotatable bonds is 4. The van der Waals surface area contributed by atoms with E-state index < -0.39 is 24.8 Å². The number of ether oxygens (including phenoxy) is 1. The number of carbonyl (C=O) groups is 1. The SMILES string of the molecule is Cc1c(F)cc(OC(F)F)cc1CC(=O)O. The molecule has 6 heteroatoms. The molecule has 0 radical (unpaired) electrons. The zero-order valence-corrected chi connectivity index (χ0v) is 8.34. The van der Waals surface area contributed by atoms with Gasteiger partial charge in [0.15, 0.2) is 0 Å². The molecule has 0 aliphatic rings. The van der Waals surface area contributed by atoms with Gasteiger partial charge >= 0.3 is 12.6 Å². The summed E-state index contributed by atoms with van der Waals surface area (Å²) in [7, 11) is 0. The summed E-state index contributed by atoms with van der Waals surface area (Å²) in [5.74, 6) is -2.32. The topological polar surface area (TPSA) is 46.5 Å². The van der Waals surface area contributed by atoms with E-state index in [-0.39, 0.29) is 16.9 Å². The first-order chi connectivity index (χ1) is 7.40. The fourth-order valence-electron chi connectivity index (χ4n) is 1.23. The second kappa shape index (κ2) is 4.87. The molecule has 0 atom stereocenters. The molecule has 0 spiro atoms. The van der Waals surface area contributed by atoms with Gasteiger partial charge in [-0.3, -0.25) is 4.79 Å². The molecular weight excluding hydrogens is 225 g/mol. The van der Waals surface area contributed by atoms with Gasteiger partial charge in [-0.2, -0.15) is 8.78 Å². The Morgan fingerprint density at radius 2 is 2.12 bits per heavy atom. The quantitative estimate of drug-likeness (QED) is 0.869. The maximum absolute atomic E-state index is 13.2. The molecule has 0 saturated heterocycles. The largest absolute Gasteiger partial charge is 0.481 e. The van der Waals surface area contributed by atoms with Crippen LogP contribution in [0.4, 0.5) is 13.2 Å². The predicted molar refractivity (Wildman–Crippen MR) is 49.1 cm³/mol. The molecule has 3 nitrogen and oxygen atoms in total. The molecule has 1 aromatic rings. The third-order valence-electron chi connectivity index (χ3n) is 1.99. The number of halogens is 3. The molecular formula is C10H9F3O3. The Bertz CT molecular complexity index is 405. The van der Waals surface area contributed by atoms with Crippen LogP contribution < -0.4 is 4.74 Å². The van der Waals surface area contributed by atoms with Crippen molar-refractivity contribution in [2.24, 2.45) is 0 Å². The monoisotopic (exact) mass is 234 g/mol. The summed E-state index contributed by atoms with van der Waals surface area (Å²) in [6.45, 7) is -1.69. The number of hydrogen-bond acceptors (Lipinski definition) is 2. The lowest BCUT2D eigenvalue weighted by molar-refractivity contribution is -0.136. The number of hydrogen-bond donors (Lipinski definition) is 1. The maximum Gasteiger partial charge on any atom is 0.387 e. The highest BCUT2D eigenvalue weighted by atomic mass is 19.3. The predicted octanol–water partition coefficient (Wildman–Crippen LogP) is 2.36. The summed E-state index contributed by atoms with van der Waals surface area (Å²) in [4.78, 5) is 10.5. The lowest BCUT2D eigenvalue weighted by Gasteiger charge is -2.09. The van der Waals surface area contributed by atoms with Crippen LogP contribution in [0.3, 0.4) is 0 Å². The lowest BCUT2D eigenvalue weighted by atomic mass is 10.0. The minimum absolute atomic E-state index is 0.114. The van der Waals surface area contributed by atoms with Gasteiger partial charge in [0.2, 0.25) is 0 Å². The van der Waals surface area contributed by atoms with Crippen LogP contribution in [-0.4, -0.2) is 17.7 Å². The van der Waals surface area contributed by atoms with Gasteiger partial charge in [-0.1, -0.05) is 0 Å². The standard InChI is InChI=1S/C10H9F3O3/c1-5-6(3-9(14)15)2-7(4-8(5)11)16-10(12)13/h2,4,10H,3H2,1H3,(H,14,15). The van der Waals surface area contributed by atoms with Crippen LogP contribution >= 0.6 is 0 Å². The molecule has 88 valence electrons. The van der Waals surface area contributed by atoms with Crippen LogP contribution in [0.15, 0.2) is 12.1 Å².